The molecule has 0 spiro atoms. The predicted octanol–water partition coefficient (Wildman–Crippen LogP) is 0.464. The first-order valence-corrected chi connectivity index (χ1v) is 4.95. The van der Waals surface area contributed by atoms with Crippen LogP contribution in [0.2, 0.25) is 0 Å². The number of nitrogens with zero attached hydrogens (tertiary/aromatic N) is 3. The van der Waals surface area contributed by atoms with Gasteiger partial charge < -0.3 is 4.90 Å². The molecule has 0 radical (unpaired) electrons. The Labute approximate surface area is 82.2 Å². The van der Waals surface area contributed by atoms with Gasteiger partial charge in [-0.25, -0.2) is 9.89 Å². The highest BCUT2D eigenvalue weighted by molar-refractivity contribution is 5.41. The molecule has 1 fully saturated rings. The number of anilines is 1. The zero-order chi connectivity index (χ0) is 9.97. The van der Waals surface area contributed by atoms with Gasteiger partial charge in [-0.2, -0.15) is 10.1 Å². The Balaban J connectivity index is 2.29. The van der Waals surface area contributed by atoms with E-state index in [1.807, 2.05) is 6.92 Å². The third-order valence-corrected chi connectivity index (χ3v) is 2.51. The number of piperidine rings is 1. The van der Waals surface area contributed by atoms with Crippen LogP contribution in [0.5, 0.6) is 0 Å². The molecule has 1 aromatic rings. The van der Waals surface area contributed by atoms with E-state index >= 15 is 0 Å². The van der Waals surface area contributed by atoms with Crippen LogP contribution in [0.3, 0.4) is 0 Å². The van der Waals surface area contributed by atoms with Gasteiger partial charge in [0.15, 0.2) is 5.82 Å². The average Bonchev–Trinajstić information content (AvgIpc) is 2.23. The maximum absolute atomic E-state index is 11.0. The molecule has 1 aliphatic rings. The standard InChI is InChI=1S/C9H14N4O/c1-7-8(10-9(14)12-11-7)13-5-3-2-4-6-13/h2-6H2,1H3,(H,10,12,14). The van der Waals surface area contributed by atoms with Crippen LogP contribution in [0.25, 0.3) is 0 Å². The molecule has 1 N–H and O–H groups in total. The van der Waals surface area contributed by atoms with Crippen LogP contribution in [0.1, 0.15) is 25.0 Å². The van der Waals surface area contributed by atoms with Crippen LogP contribution >= 0.6 is 0 Å². The van der Waals surface area contributed by atoms with E-state index in [2.05, 4.69) is 20.1 Å². The van der Waals surface area contributed by atoms with E-state index < -0.39 is 0 Å². The molecule has 0 amide bonds. The van der Waals surface area contributed by atoms with Crippen molar-refractivity contribution in [1.82, 2.24) is 15.2 Å². The second-order valence-corrected chi connectivity index (χ2v) is 3.60. The van der Waals surface area contributed by atoms with Gasteiger partial charge in [0.2, 0.25) is 0 Å². The summed E-state index contributed by atoms with van der Waals surface area (Å²) in [6, 6.07) is 0. The fourth-order valence-electron chi connectivity index (χ4n) is 1.79. The third-order valence-electron chi connectivity index (χ3n) is 2.51. The topological polar surface area (TPSA) is 61.9 Å². The van der Waals surface area contributed by atoms with Crippen molar-refractivity contribution in [3.63, 3.8) is 0 Å². The lowest BCUT2D eigenvalue weighted by Gasteiger charge is -2.27. The van der Waals surface area contributed by atoms with Crippen molar-refractivity contribution in [1.29, 1.82) is 0 Å². The predicted molar refractivity (Wildman–Crippen MR) is 53.5 cm³/mol. The van der Waals surface area contributed by atoms with Crippen LogP contribution in [-0.2, 0) is 0 Å². The highest BCUT2D eigenvalue weighted by atomic mass is 16.1. The van der Waals surface area contributed by atoms with Gasteiger partial charge in [-0.1, -0.05) is 0 Å². The van der Waals surface area contributed by atoms with Gasteiger partial charge >= 0.3 is 5.69 Å². The number of nitrogens with one attached hydrogen (secondary N) is 1. The van der Waals surface area contributed by atoms with Gasteiger partial charge in [-0.15, -0.1) is 0 Å². The van der Waals surface area contributed by atoms with Crippen LogP contribution in [-0.4, -0.2) is 28.3 Å². The molecule has 2 heterocycles. The number of H-pyrrole nitrogens is 1. The zero-order valence-electron chi connectivity index (χ0n) is 8.29. The van der Waals surface area contributed by atoms with Gasteiger partial charge in [-0.05, 0) is 26.2 Å². The Kier molecular flexibility index (Phi) is 2.47. The SMILES string of the molecule is Cc1n[nH]c(=O)nc1N1CCCCC1. The number of aromatic amines is 1. The Hall–Kier alpha value is -1.39. The molecule has 2 rings (SSSR count). The Morgan fingerprint density at radius 3 is 2.71 bits per heavy atom. The van der Waals surface area contributed by atoms with Crippen LogP contribution < -0.4 is 10.6 Å². The quantitative estimate of drug-likeness (QED) is 0.705. The summed E-state index contributed by atoms with van der Waals surface area (Å²) < 4.78 is 0. The highest BCUT2D eigenvalue weighted by Gasteiger charge is 2.15. The average molecular weight is 194 g/mol. The van der Waals surface area contributed by atoms with Gasteiger partial charge in [-0.3, -0.25) is 0 Å². The maximum Gasteiger partial charge on any atom is 0.363 e. The molecule has 1 aliphatic heterocycles. The van der Waals surface area contributed by atoms with E-state index in [0.29, 0.717) is 0 Å². The fraction of sp³-hybridized carbons (Fsp3) is 0.667. The van der Waals surface area contributed by atoms with Crippen molar-refractivity contribution >= 4 is 5.82 Å². The van der Waals surface area contributed by atoms with E-state index in [1.54, 1.807) is 0 Å². The Morgan fingerprint density at radius 1 is 1.29 bits per heavy atom. The number of aromatic nitrogens is 3. The first kappa shape index (κ1) is 9.18. The minimum absolute atomic E-state index is 0.365. The monoisotopic (exact) mass is 194 g/mol. The molecule has 1 saturated heterocycles. The molecule has 1 aromatic heterocycles. The van der Waals surface area contributed by atoms with E-state index in [1.165, 1.54) is 19.3 Å². The minimum atomic E-state index is -0.365. The Morgan fingerprint density at radius 2 is 2.00 bits per heavy atom. The first-order valence-electron chi connectivity index (χ1n) is 4.95. The molecular weight excluding hydrogens is 180 g/mol. The number of rotatable bonds is 1. The van der Waals surface area contributed by atoms with E-state index in [4.69, 9.17) is 0 Å². The van der Waals surface area contributed by atoms with E-state index in [0.717, 1.165) is 24.6 Å². The summed E-state index contributed by atoms with van der Waals surface area (Å²) in [5, 5.41) is 6.25. The van der Waals surface area contributed by atoms with Crippen molar-refractivity contribution in [2.75, 3.05) is 18.0 Å². The fourth-order valence-corrected chi connectivity index (χ4v) is 1.79. The lowest BCUT2D eigenvalue weighted by Crippen LogP contribution is -2.33. The molecule has 0 saturated carbocycles. The molecule has 0 aromatic carbocycles. The van der Waals surface area contributed by atoms with Crippen LogP contribution in [0, 0.1) is 6.92 Å². The smallest absolute Gasteiger partial charge is 0.355 e. The number of aryl methyl sites for hydroxylation is 1. The van der Waals surface area contributed by atoms with Crippen molar-refractivity contribution < 1.29 is 0 Å². The third kappa shape index (κ3) is 1.76. The number of hydrogen-bond donors (Lipinski definition) is 1. The lowest BCUT2D eigenvalue weighted by molar-refractivity contribution is 0.569. The number of hydrogen-bond acceptors (Lipinski definition) is 4. The van der Waals surface area contributed by atoms with Crippen LogP contribution in [0.15, 0.2) is 4.79 Å². The molecule has 0 bridgehead atoms. The van der Waals surface area contributed by atoms with Gasteiger partial charge in [0.25, 0.3) is 0 Å². The van der Waals surface area contributed by atoms with E-state index in [-0.39, 0.29) is 5.69 Å². The van der Waals surface area contributed by atoms with Crippen molar-refractivity contribution in [2.45, 2.75) is 26.2 Å². The molecule has 5 nitrogen and oxygen atoms in total. The summed E-state index contributed by atoms with van der Waals surface area (Å²) in [4.78, 5) is 17.1. The molecule has 0 aliphatic carbocycles. The van der Waals surface area contributed by atoms with Crippen molar-refractivity contribution in [2.24, 2.45) is 0 Å². The van der Waals surface area contributed by atoms with Crippen molar-refractivity contribution in [3.8, 4) is 0 Å². The molecule has 0 unspecified atom stereocenters. The second kappa shape index (κ2) is 3.77. The van der Waals surface area contributed by atoms with Gasteiger partial charge in [0.1, 0.15) is 5.69 Å². The summed E-state index contributed by atoms with van der Waals surface area (Å²) in [5.74, 6) is 0.744. The zero-order valence-corrected chi connectivity index (χ0v) is 8.29. The largest absolute Gasteiger partial charge is 0.363 e. The lowest BCUT2D eigenvalue weighted by atomic mass is 10.1. The van der Waals surface area contributed by atoms with Gasteiger partial charge in [0.05, 0.1) is 0 Å². The highest BCUT2D eigenvalue weighted by Crippen LogP contribution is 2.17. The molecular formula is C9H14N4O. The van der Waals surface area contributed by atoms with E-state index in [9.17, 15) is 4.79 Å². The molecule has 76 valence electrons. The minimum Gasteiger partial charge on any atom is -0.355 e. The molecule has 14 heavy (non-hydrogen) atoms. The second-order valence-electron chi connectivity index (χ2n) is 3.60. The molecule has 0 atom stereocenters. The first-order chi connectivity index (χ1) is 6.77. The van der Waals surface area contributed by atoms with Crippen molar-refractivity contribution in [3.05, 3.63) is 16.2 Å². The van der Waals surface area contributed by atoms with Crippen LogP contribution in [0.4, 0.5) is 5.82 Å². The summed E-state index contributed by atoms with van der Waals surface area (Å²) in [7, 11) is 0. The Bertz CT molecular complexity index is 367. The van der Waals surface area contributed by atoms with Gasteiger partial charge in [0, 0.05) is 13.1 Å². The maximum atomic E-state index is 11.0. The summed E-state index contributed by atoms with van der Waals surface area (Å²) in [5.41, 5.74) is 0.433. The summed E-state index contributed by atoms with van der Waals surface area (Å²) in [6.45, 7) is 3.84. The normalized spacial score (nSPS) is 17.1. The summed E-state index contributed by atoms with van der Waals surface area (Å²) in [6.07, 6.45) is 3.62. The summed E-state index contributed by atoms with van der Waals surface area (Å²) >= 11 is 0. The molecule has 5 heteroatoms.